The molecule has 216 valence electrons. The van der Waals surface area contributed by atoms with Crippen LogP contribution in [-0.4, -0.2) is 40.6 Å². The molecule has 2 aromatic rings. The number of nitrogens with zero attached hydrogens (tertiary/aromatic N) is 1. The first-order valence-corrected chi connectivity index (χ1v) is 13.9. The van der Waals surface area contributed by atoms with E-state index in [1.807, 2.05) is 11.0 Å². The van der Waals surface area contributed by atoms with Crippen molar-refractivity contribution in [3.05, 3.63) is 70.0 Å². The molecule has 0 aromatic heterocycles. The predicted molar refractivity (Wildman–Crippen MR) is 139 cm³/mol. The zero-order valence-electron chi connectivity index (χ0n) is 22.7. The summed E-state index contributed by atoms with van der Waals surface area (Å²) in [6.45, 7) is 2.64. The lowest BCUT2D eigenvalue weighted by Gasteiger charge is -2.45. The molecule has 1 aliphatic heterocycles. The van der Waals surface area contributed by atoms with Gasteiger partial charge in [-0.25, -0.2) is 8.78 Å². The zero-order chi connectivity index (χ0) is 29.0. The Kier molecular flexibility index (Phi) is 7.24. The molecule has 1 N–H and O–H groups in total. The van der Waals surface area contributed by atoms with Crippen LogP contribution in [0.2, 0.25) is 0 Å². The highest BCUT2D eigenvalue weighted by atomic mass is 19.4. The summed E-state index contributed by atoms with van der Waals surface area (Å²) in [7, 11) is 0. The number of benzene rings is 2. The smallest absolute Gasteiger partial charge is 0.426 e. The SMILES string of the molecule is Cc1ccc(CC23CCN(C(=O)[C@H]4CC[C@H](C(=O)O)CC4)C2CCc2cc(C(C)(F)C(F)(F)F)ccc23)cc1F. The molecule has 9 heteroatoms. The van der Waals surface area contributed by atoms with Crippen LogP contribution in [0.4, 0.5) is 22.0 Å². The monoisotopic (exact) mass is 563 g/mol. The van der Waals surface area contributed by atoms with Gasteiger partial charge in [0.15, 0.2) is 0 Å². The molecule has 40 heavy (non-hydrogen) atoms. The van der Waals surface area contributed by atoms with E-state index >= 15 is 0 Å². The molecular weight excluding hydrogens is 529 g/mol. The normalized spacial score (nSPS) is 28.0. The average Bonchev–Trinajstić information content (AvgIpc) is 3.28. The molecule has 0 bridgehead atoms. The van der Waals surface area contributed by atoms with E-state index in [-0.39, 0.29) is 23.7 Å². The lowest BCUT2D eigenvalue weighted by molar-refractivity contribution is -0.228. The number of alkyl halides is 4. The molecule has 1 heterocycles. The van der Waals surface area contributed by atoms with Crippen LogP contribution in [0.1, 0.15) is 73.3 Å². The maximum atomic E-state index is 14.9. The number of halogens is 5. The topological polar surface area (TPSA) is 57.6 Å². The number of aliphatic carboxylic acids is 1. The number of carbonyl (C=O) groups is 2. The van der Waals surface area contributed by atoms with Gasteiger partial charge >= 0.3 is 12.1 Å². The van der Waals surface area contributed by atoms with Gasteiger partial charge in [-0.3, -0.25) is 9.59 Å². The molecule has 3 unspecified atom stereocenters. The third kappa shape index (κ3) is 4.79. The van der Waals surface area contributed by atoms with Gasteiger partial charge < -0.3 is 10.0 Å². The van der Waals surface area contributed by atoms with Crippen LogP contribution in [0.15, 0.2) is 36.4 Å². The van der Waals surface area contributed by atoms with E-state index in [9.17, 15) is 36.6 Å². The van der Waals surface area contributed by atoms with Gasteiger partial charge in [0.05, 0.1) is 5.92 Å². The van der Waals surface area contributed by atoms with Crippen molar-refractivity contribution >= 4 is 11.9 Å². The van der Waals surface area contributed by atoms with Gasteiger partial charge in [0.25, 0.3) is 0 Å². The van der Waals surface area contributed by atoms with Gasteiger partial charge in [0, 0.05) is 23.9 Å². The summed E-state index contributed by atoms with van der Waals surface area (Å²) < 4.78 is 69.9. The van der Waals surface area contributed by atoms with Gasteiger partial charge in [0.2, 0.25) is 11.6 Å². The molecule has 0 radical (unpaired) electrons. The van der Waals surface area contributed by atoms with Crippen molar-refractivity contribution in [1.29, 1.82) is 0 Å². The number of amides is 1. The molecule has 4 nitrogen and oxygen atoms in total. The number of rotatable bonds is 5. The van der Waals surface area contributed by atoms with Crippen LogP contribution in [-0.2, 0) is 33.5 Å². The molecule has 1 amide bonds. The molecule has 5 rings (SSSR count). The summed E-state index contributed by atoms with van der Waals surface area (Å²) >= 11 is 0. The quantitative estimate of drug-likeness (QED) is 0.407. The second-order valence-electron chi connectivity index (χ2n) is 12.0. The Morgan fingerprint density at radius 3 is 2.30 bits per heavy atom. The molecule has 3 atom stereocenters. The predicted octanol–water partition coefficient (Wildman–Crippen LogP) is 6.80. The Morgan fingerprint density at radius 2 is 1.68 bits per heavy atom. The zero-order valence-corrected chi connectivity index (χ0v) is 22.7. The Balaban J connectivity index is 1.51. The molecule has 3 aliphatic rings. The van der Waals surface area contributed by atoms with Gasteiger partial charge in [0.1, 0.15) is 5.82 Å². The average molecular weight is 564 g/mol. The number of fused-ring (bicyclic) bond motifs is 3. The molecule has 0 spiro atoms. The number of likely N-dealkylation sites (tertiary alicyclic amines) is 1. The van der Waals surface area contributed by atoms with Gasteiger partial charge in [-0.15, -0.1) is 0 Å². The first-order chi connectivity index (χ1) is 18.7. The fraction of sp³-hybridized carbons (Fsp3) is 0.548. The minimum atomic E-state index is -5.06. The van der Waals surface area contributed by atoms with E-state index in [0.29, 0.717) is 76.0 Å². The van der Waals surface area contributed by atoms with Crippen molar-refractivity contribution in [3.8, 4) is 0 Å². The minimum absolute atomic E-state index is 0.0146. The van der Waals surface area contributed by atoms with Crippen LogP contribution in [0.25, 0.3) is 0 Å². The summed E-state index contributed by atoms with van der Waals surface area (Å²) in [6.07, 6.45) is -1.34. The maximum absolute atomic E-state index is 14.9. The molecule has 1 saturated carbocycles. The number of aryl methyl sites for hydroxylation is 2. The number of carboxylic acid groups (broad SMARTS) is 1. The summed E-state index contributed by atoms with van der Waals surface area (Å²) in [5.74, 6) is -1.91. The highest BCUT2D eigenvalue weighted by Crippen LogP contribution is 2.51. The van der Waals surface area contributed by atoms with Crippen LogP contribution < -0.4 is 0 Å². The van der Waals surface area contributed by atoms with E-state index in [0.717, 1.165) is 11.1 Å². The van der Waals surface area contributed by atoms with Crippen LogP contribution in [0.3, 0.4) is 0 Å². The summed E-state index contributed by atoms with van der Waals surface area (Å²) in [4.78, 5) is 27.0. The second kappa shape index (κ2) is 10.1. The van der Waals surface area contributed by atoms with E-state index in [1.165, 1.54) is 18.2 Å². The number of carboxylic acids is 1. The number of carbonyl (C=O) groups excluding carboxylic acids is 1. The Hall–Kier alpha value is -2.97. The molecule has 2 aromatic carbocycles. The lowest BCUT2D eigenvalue weighted by atomic mass is 9.63. The third-order valence-corrected chi connectivity index (χ3v) is 9.68. The standard InChI is InChI=1S/C31H34F5NO3/c1-18-3-4-19(15-25(18)32)17-30-13-14-37(27(38)20-5-7-21(8-6-20)28(39)40)26(30)12-9-22-16-23(10-11-24(22)30)29(2,33)31(34,35)36/h3-4,10-11,15-16,20-21,26H,5-9,12-14,17H2,1-2H3,(H,39,40)/t20-,21-,26?,29?,30?. The summed E-state index contributed by atoms with van der Waals surface area (Å²) in [5, 5.41) is 9.34. The largest absolute Gasteiger partial charge is 0.481 e. The summed E-state index contributed by atoms with van der Waals surface area (Å²) in [5.41, 5.74) is -1.96. The molecule has 2 fully saturated rings. The minimum Gasteiger partial charge on any atom is -0.481 e. The Morgan fingerprint density at radius 1 is 1.00 bits per heavy atom. The fourth-order valence-corrected chi connectivity index (χ4v) is 7.22. The van der Waals surface area contributed by atoms with E-state index in [1.54, 1.807) is 19.1 Å². The molecular formula is C31H34F5NO3. The third-order valence-electron chi connectivity index (χ3n) is 9.68. The first-order valence-electron chi connectivity index (χ1n) is 13.9. The molecule has 2 aliphatic carbocycles. The van der Waals surface area contributed by atoms with Crippen LogP contribution in [0, 0.1) is 24.6 Å². The summed E-state index contributed by atoms with van der Waals surface area (Å²) in [6, 6.07) is 8.85. The Bertz CT molecular complexity index is 1310. The van der Waals surface area contributed by atoms with Crippen molar-refractivity contribution in [2.45, 2.75) is 88.5 Å². The lowest BCUT2D eigenvalue weighted by Crippen LogP contribution is -2.51. The van der Waals surface area contributed by atoms with Crippen molar-refractivity contribution in [2.24, 2.45) is 11.8 Å². The number of hydrogen-bond acceptors (Lipinski definition) is 2. The first kappa shape index (κ1) is 28.6. The number of hydrogen-bond donors (Lipinski definition) is 1. The second-order valence-corrected chi connectivity index (χ2v) is 12.0. The van der Waals surface area contributed by atoms with Gasteiger partial charge in [-0.05, 0) is 99.1 Å². The van der Waals surface area contributed by atoms with Crippen molar-refractivity contribution in [1.82, 2.24) is 4.90 Å². The van der Waals surface area contributed by atoms with Crippen molar-refractivity contribution in [2.75, 3.05) is 6.54 Å². The van der Waals surface area contributed by atoms with E-state index in [4.69, 9.17) is 0 Å². The van der Waals surface area contributed by atoms with Gasteiger partial charge in [-0.2, -0.15) is 13.2 Å². The van der Waals surface area contributed by atoms with Crippen molar-refractivity contribution in [3.63, 3.8) is 0 Å². The molecule has 1 saturated heterocycles. The highest BCUT2D eigenvalue weighted by molar-refractivity contribution is 5.80. The fourth-order valence-electron chi connectivity index (χ4n) is 7.22. The van der Waals surface area contributed by atoms with E-state index < -0.39 is 34.7 Å². The highest BCUT2D eigenvalue weighted by Gasteiger charge is 2.56. The van der Waals surface area contributed by atoms with Crippen LogP contribution in [0.5, 0.6) is 0 Å². The van der Waals surface area contributed by atoms with Gasteiger partial charge in [-0.1, -0.05) is 30.3 Å². The maximum Gasteiger partial charge on any atom is 0.426 e. The van der Waals surface area contributed by atoms with E-state index in [2.05, 4.69) is 0 Å². The van der Waals surface area contributed by atoms with Crippen LogP contribution >= 0.6 is 0 Å². The van der Waals surface area contributed by atoms with Crippen molar-refractivity contribution < 1.29 is 36.6 Å². The Labute approximate surface area is 230 Å².